The Morgan fingerprint density at radius 1 is 1.21 bits per heavy atom. The van der Waals surface area contributed by atoms with E-state index in [1.54, 1.807) is 24.3 Å². The zero-order chi connectivity index (χ0) is 16.8. The van der Waals surface area contributed by atoms with Crippen LogP contribution in [0.25, 0.3) is 0 Å². The van der Waals surface area contributed by atoms with Gasteiger partial charge in [-0.15, -0.1) is 0 Å². The molecule has 1 unspecified atom stereocenters. The summed E-state index contributed by atoms with van der Waals surface area (Å²) in [5.41, 5.74) is 0.823. The molecule has 1 spiro atoms. The molecular formula is C18H22F2N2O2. The molecule has 3 aliphatic rings. The molecule has 2 saturated carbocycles. The molecule has 3 fully saturated rings. The van der Waals surface area contributed by atoms with E-state index in [-0.39, 0.29) is 24.0 Å². The molecule has 6 heteroatoms. The van der Waals surface area contributed by atoms with Crippen molar-refractivity contribution in [2.75, 3.05) is 19.8 Å². The van der Waals surface area contributed by atoms with Crippen LogP contribution in [0.1, 0.15) is 30.7 Å². The maximum atomic E-state index is 14.0. The van der Waals surface area contributed by atoms with Crippen LogP contribution in [-0.4, -0.2) is 37.8 Å². The molecule has 0 aromatic heterocycles. The molecule has 2 aliphatic carbocycles. The van der Waals surface area contributed by atoms with Gasteiger partial charge in [0.15, 0.2) is 0 Å². The number of rotatable bonds is 4. The maximum absolute atomic E-state index is 14.0. The molecule has 2 N–H and O–H groups in total. The van der Waals surface area contributed by atoms with Crippen LogP contribution in [0.5, 0.6) is 0 Å². The highest BCUT2D eigenvalue weighted by molar-refractivity contribution is 5.75. The van der Waals surface area contributed by atoms with E-state index in [1.807, 2.05) is 6.07 Å². The van der Waals surface area contributed by atoms with Crippen molar-refractivity contribution in [1.29, 1.82) is 0 Å². The number of nitrogens with one attached hydrogen (secondary N) is 2. The lowest BCUT2D eigenvalue weighted by Crippen LogP contribution is -2.40. The summed E-state index contributed by atoms with van der Waals surface area (Å²) in [7, 11) is 0. The first-order chi connectivity index (χ1) is 11.5. The number of halogens is 2. The van der Waals surface area contributed by atoms with Gasteiger partial charge in [0.1, 0.15) is 0 Å². The van der Waals surface area contributed by atoms with Gasteiger partial charge in [0.05, 0.1) is 11.8 Å². The lowest BCUT2D eigenvalue weighted by atomic mass is 9.96. The van der Waals surface area contributed by atoms with Gasteiger partial charge >= 0.3 is 6.03 Å². The number of amides is 2. The van der Waals surface area contributed by atoms with Crippen molar-refractivity contribution in [3.8, 4) is 0 Å². The molecule has 4 rings (SSSR count). The highest BCUT2D eigenvalue weighted by Crippen LogP contribution is 2.61. The topological polar surface area (TPSA) is 50.4 Å². The summed E-state index contributed by atoms with van der Waals surface area (Å²) in [6.45, 7) is 1.49. The van der Waals surface area contributed by atoms with Crippen molar-refractivity contribution in [1.82, 2.24) is 10.6 Å². The highest BCUT2D eigenvalue weighted by atomic mass is 19.3. The van der Waals surface area contributed by atoms with Gasteiger partial charge in [0.2, 0.25) is 0 Å². The minimum Gasteiger partial charge on any atom is -0.381 e. The van der Waals surface area contributed by atoms with Crippen LogP contribution >= 0.6 is 0 Å². The second-order valence-corrected chi connectivity index (χ2v) is 7.26. The molecular weight excluding hydrogens is 314 g/mol. The van der Waals surface area contributed by atoms with Gasteiger partial charge in [-0.2, -0.15) is 0 Å². The minimum absolute atomic E-state index is 0.00122. The SMILES string of the molecule is O=C(NC[C@H]1[C@H](c2ccccc2)C1(F)F)NC1CC12CCOCC2. The first-order valence-electron chi connectivity index (χ1n) is 8.58. The Bertz CT molecular complexity index is 617. The molecule has 1 saturated heterocycles. The zero-order valence-electron chi connectivity index (χ0n) is 13.4. The van der Waals surface area contributed by atoms with Crippen LogP contribution < -0.4 is 10.6 Å². The second kappa shape index (κ2) is 5.69. The van der Waals surface area contributed by atoms with E-state index in [2.05, 4.69) is 10.6 Å². The number of carbonyl (C=O) groups is 1. The summed E-state index contributed by atoms with van der Waals surface area (Å²) in [4.78, 5) is 12.0. The number of benzene rings is 1. The summed E-state index contributed by atoms with van der Waals surface area (Å²) in [6.07, 6.45) is 2.90. The first kappa shape index (κ1) is 15.8. The predicted molar refractivity (Wildman–Crippen MR) is 85.0 cm³/mol. The Kier molecular flexibility index (Phi) is 3.75. The Labute approximate surface area is 139 Å². The summed E-state index contributed by atoms with van der Waals surface area (Å²) in [5, 5.41) is 5.56. The zero-order valence-corrected chi connectivity index (χ0v) is 13.4. The van der Waals surface area contributed by atoms with Crippen LogP contribution in [0.3, 0.4) is 0 Å². The normalized spacial score (nSPS) is 32.2. The first-order valence-corrected chi connectivity index (χ1v) is 8.58. The fraction of sp³-hybridized carbons (Fsp3) is 0.611. The smallest absolute Gasteiger partial charge is 0.315 e. The van der Waals surface area contributed by atoms with E-state index < -0.39 is 17.8 Å². The fourth-order valence-corrected chi connectivity index (χ4v) is 4.05. The van der Waals surface area contributed by atoms with E-state index in [0.29, 0.717) is 5.56 Å². The second-order valence-electron chi connectivity index (χ2n) is 7.26. The molecule has 1 aliphatic heterocycles. The molecule has 1 aromatic rings. The summed E-state index contributed by atoms with van der Waals surface area (Å²) < 4.78 is 33.3. The number of carbonyl (C=O) groups excluding carboxylic acids is 1. The van der Waals surface area contributed by atoms with Crippen molar-refractivity contribution < 1.29 is 18.3 Å². The van der Waals surface area contributed by atoms with E-state index in [4.69, 9.17) is 4.74 Å². The van der Waals surface area contributed by atoms with Crippen LogP contribution in [-0.2, 0) is 4.74 Å². The summed E-state index contributed by atoms with van der Waals surface area (Å²) >= 11 is 0. The Hall–Kier alpha value is -1.69. The largest absolute Gasteiger partial charge is 0.381 e. The number of alkyl halides is 2. The van der Waals surface area contributed by atoms with Gasteiger partial charge in [-0.3, -0.25) is 0 Å². The Morgan fingerprint density at radius 2 is 1.92 bits per heavy atom. The van der Waals surface area contributed by atoms with Crippen LogP contribution in [0.2, 0.25) is 0 Å². The lowest BCUT2D eigenvalue weighted by Gasteiger charge is -2.22. The number of hydrogen-bond acceptors (Lipinski definition) is 2. The molecule has 3 atom stereocenters. The van der Waals surface area contributed by atoms with Gasteiger partial charge in [-0.05, 0) is 30.2 Å². The van der Waals surface area contributed by atoms with Crippen molar-refractivity contribution in [3.63, 3.8) is 0 Å². The highest BCUT2D eigenvalue weighted by Gasteiger charge is 2.68. The standard InChI is InChI=1S/C18H22F2N2O2/c19-18(20)13(15(18)12-4-2-1-3-5-12)11-21-16(23)22-14-10-17(14)6-8-24-9-7-17/h1-5,13-15H,6-11H2,(H2,21,22,23)/t13-,14?,15-/m0/s1. The molecule has 24 heavy (non-hydrogen) atoms. The van der Waals surface area contributed by atoms with E-state index in [9.17, 15) is 13.6 Å². The van der Waals surface area contributed by atoms with E-state index >= 15 is 0 Å². The average Bonchev–Trinajstić information content (AvgIpc) is 3.40. The average molecular weight is 336 g/mol. The third-order valence-electron chi connectivity index (χ3n) is 5.83. The fourth-order valence-electron chi connectivity index (χ4n) is 4.05. The van der Waals surface area contributed by atoms with Gasteiger partial charge < -0.3 is 15.4 Å². The molecule has 1 aromatic carbocycles. The number of hydrogen-bond donors (Lipinski definition) is 2. The number of urea groups is 1. The van der Waals surface area contributed by atoms with Gasteiger partial charge in [-0.25, -0.2) is 13.6 Å². The Balaban J connectivity index is 1.26. The van der Waals surface area contributed by atoms with E-state index in [0.717, 1.165) is 32.5 Å². The van der Waals surface area contributed by atoms with Gasteiger partial charge in [-0.1, -0.05) is 30.3 Å². The van der Waals surface area contributed by atoms with Crippen molar-refractivity contribution in [2.45, 2.75) is 37.1 Å². The quantitative estimate of drug-likeness (QED) is 0.888. The molecule has 1 heterocycles. The van der Waals surface area contributed by atoms with Crippen LogP contribution in [0.4, 0.5) is 13.6 Å². The predicted octanol–water partition coefficient (Wildman–Crippen LogP) is 2.90. The molecule has 2 amide bonds. The van der Waals surface area contributed by atoms with Crippen molar-refractivity contribution >= 4 is 6.03 Å². The van der Waals surface area contributed by atoms with E-state index in [1.165, 1.54) is 0 Å². The summed E-state index contributed by atoms with van der Waals surface area (Å²) in [5.74, 6) is -4.35. The summed E-state index contributed by atoms with van der Waals surface area (Å²) in [6, 6.07) is 8.61. The van der Waals surface area contributed by atoms with Gasteiger partial charge in [0, 0.05) is 25.8 Å². The third-order valence-corrected chi connectivity index (χ3v) is 5.83. The van der Waals surface area contributed by atoms with Crippen molar-refractivity contribution in [2.24, 2.45) is 11.3 Å². The van der Waals surface area contributed by atoms with Gasteiger partial charge in [0.25, 0.3) is 5.92 Å². The molecule has 0 radical (unpaired) electrons. The third kappa shape index (κ3) is 2.77. The maximum Gasteiger partial charge on any atom is 0.315 e. The monoisotopic (exact) mass is 336 g/mol. The minimum atomic E-state index is -2.74. The van der Waals surface area contributed by atoms with Crippen molar-refractivity contribution in [3.05, 3.63) is 35.9 Å². The lowest BCUT2D eigenvalue weighted by molar-refractivity contribution is 0.0547. The Morgan fingerprint density at radius 3 is 2.62 bits per heavy atom. The molecule has 4 nitrogen and oxygen atoms in total. The van der Waals surface area contributed by atoms with Crippen LogP contribution in [0.15, 0.2) is 30.3 Å². The number of ether oxygens (including phenoxy) is 1. The molecule has 130 valence electrons. The molecule has 0 bridgehead atoms. The van der Waals surface area contributed by atoms with Crippen LogP contribution in [0, 0.1) is 11.3 Å².